The van der Waals surface area contributed by atoms with Crippen molar-refractivity contribution in [2.45, 2.75) is 39.5 Å². The molecule has 0 aromatic carbocycles. The molecule has 5 unspecified atom stereocenters. The second-order valence-electron chi connectivity index (χ2n) is 6.16. The highest BCUT2D eigenvalue weighted by Crippen LogP contribution is 2.47. The van der Waals surface area contributed by atoms with Gasteiger partial charge in [-0.1, -0.05) is 26.3 Å². The number of hydrogen-bond acceptors (Lipinski definition) is 2. The van der Waals surface area contributed by atoms with E-state index in [-0.39, 0.29) is 12.5 Å². The van der Waals surface area contributed by atoms with E-state index in [1.165, 1.54) is 6.42 Å². The Hall–Kier alpha value is -0.830. The Balaban J connectivity index is 2.24. The molecule has 0 spiro atoms. The summed E-state index contributed by atoms with van der Waals surface area (Å²) in [6, 6.07) is 0. The molecule has 2 aliphatic rings. The molecule has 0 aromatic rings. The van der Waals surface area contributed by atoms with Crippen LogP contribution in [0.2, 0.25) is 0 Å². The van der Waals surface area contributed by atoms with Crippen LogP contribution in [-0.4, -0.2) is 22.8 Å². The smallest absolute Gasteiger partial charge is 0.331 e. The maximum Gasteiger partial charge on any atom is 0.331 e. The third kappa shape index (κ3) is 2.46. The summed E-state index contributed by atoms with van der Waals surface area (Å²) in [6.07, 6.45) is 6.04. The van der Waals surface area contributed by atoms with E-state index in [1.807, 2.05) is 6.08 Å². The molecule has 2 aliphatic carbocycles. The Kier molecular flexibility index (Phi) is 4.10. The van der Waals surface area contributed by atoms with Crippen LogP contribution in [0.1, 0.15) is 39.5 Å². The van der Waals surface area contributed by atoms with Gasteiger partial charge in [-0.25, -0.2) is 4.79 Å². The van der Waals surface area contributed by atoms with Gasteiger partial charge in [0.25, 0.3) is 0 Å². The first kappa shape index (κ1) is 13.6. The topological polar surface area (TPSA) is 57.5 Å². The lowest BCUT2D eigenvalue weighted by Crippen LogP contribution is -2.38. The van der Waals surface area contributed by atoms with E-state index < -0.39 is 5.97 Å². The predicted molar refractivity (Wildman–Crippen MR) is 70.1 cm³/mol. The van der Waals surface area contributed by atoms with Crippen molar-refractivity contribution in [2.75, 3.05) is 6.61 Å². The van der Waals surface area contributed by atoms with Gasteiger partial charge in [-0.2, -0.15) is 0 Å². The van der Waals surface area contributed by atoms with Crippen molar-refractivity contribution in [3.63, 3.8) is 0 Å². The number of carboxylic acids is 1. The minimum Gasteiger partial charge on any atom is -0.478 e. The molecule has 0 saturated heterocycles. The third-order valence-corrected chi connectivity index (χ3v) is 5.11. The highest BCUT2D eigenvalue weighted by Gasteiger charge is 2.40. The SMILES string of the molecule is CC(CO)C1CCC(C)C2CCC(C(=O)O)=CC12. The normalized spacial score (nSPS) is 37.6. The molecule has 102 valence electrons. The maximum absolute atomic E-state index is 11.1. The summed E-state index contributed by atoms with van der Waals surface area (Å²) in [5.74, 6) is 1.61. The Labute approximate surface area is 109 Å². The number of aliphatic carboxylic acids is 1. The van der Waals surface area contributed by atoms with Crippen molar-refractivity contribution in [3.05, 3.63) is 11.6 Å². The number of allylic oxidation sites excluding steroid dienone is 1. The fourth-order valence-electron chi connectivity index (χ4n) is 3.90. The van der Waals surface area contributed by atoms with Gasteiger partial charge in [-0.3, -0.25) is 0 Å². The van der Waals surface area contributed by atoms with Gasteiger partial charge in [-0.15, -0.1) is 0 Å². The predicted octanol–water partition coefficient (Wildman–Crippen LogP) is 2.70. The first-order chi connectivity index (χ1) is 8.54. The minimum atomic E-state index is -0.762. The summed E-state index contributed by atoms with van der Waals surface area (Å²) in [6.45, 7) is 4.58. The van der Waals surface area contributed by atoms with E-state index in [2.05, 4.69) is 13.8 Å². The van der Waals surface area contributed by atoms with Gasteiger partial charge in [0.15, 0.2) is 0 Å². The molecule has 2 N–H and O–H groups in total. The van der Waals surface area contributed by atoms with Gasteiger partial charge in [0, 0.05) is 12.2 Å². The highest BCUT2D eigenvalue weighted by molar-refractivity contribution is 5.86. The third-order valence-electron chi connectivity index (χ3n) is 5.11. The summed E-state index contributed by atoms with van der Waals surface area (Å²) in [5.41, 5.74) is 0.584. The van der Waals surface area contributed by atoms with Gasteiger partial charge in [-0.05, 0) is 48.9 Å². The molecular formula is C15H24O3. The minimum absolute atomic E-state index is 0.207. The van der Waals surface area contributed by atoms with Crippen LogP contribution in [0.25, 0.3) is 0 Å². The summed E-state index contributed by atoms with van der Waals surface area (Å²) in [5, 5.41) is 18.5. The molecular weight excluding hydrogens is 228 g/mol. The number of aliphatic hydroxyl groups is 1. The van der Waals surface area contributed by atoms with Crippen molar-refractivity contribution in [1.82, 2.24) is 0 Å². The maximum atomic E-state index is 11.1. The summed E-state index contributed by atoms with van der Waals surface area (Å²) >= 11 is 0. The largest absolute Gasteiger partial charge is 0.478 e. The summed E-state index contributed by atoms with van der Waals surface area (Å²) in [4.78, 5) is 11.1. The van der Waals surface area contributed by atoms with Crippen molar-refractivity contribution in [2.24, 2.45) is 29.6 Å². The van der Waals surface area contributed by atoms with E-state index in [0.29, 0.717) is 35.7 Å². The Morgan fingerprint density at radius 1 is 1.44 bits per heavy atom. The Morgan fingerprint density at radius 3 is 2.78 bits per heavy atom. The first-order valence-electron chi connectivity index (χ1n) is 7.09. The van der Waals surface area contributed by atoms with Crippen LogP contribution in [0.15, 0.2) is 11.6 Å². The molecule has 1 saturated carbocycles. The highest BCUT2D eigenvalue weighted by atomic mass is 16.4. The standard InChI is InChI=1S/C15H24O3/c1-9-3-5-13(10(2)8-16)14-7-11(15(17)18)4-6-12(9)14/h7,9-10,12-14,16H,3-6,8H2,1-2H3,(H,17,18). The number of fused-ring (bicyclic) bond motifs is 1. The number of hydrogen-bond donors (Lipinski definition) is 2. The molecule has 0 aliphatic heterocycles. The van der Waals surface area contributed by atoms with Crippen LogP contribution in [0, 0.1) is 29.6 Å². The summed E-state index contributed by atoms with van der Waals surface area (Å²) < 4.78 is 0. The van der Waals surface area contributed by atoms with Gasteiger partial charge in [0.2, 0.25) is 0 Å². The van der Waals surface area contributed by atoms with Crippen LogP contribution >= 0.6 is 0 Å². The van der Waals surface area contributed by atoms with Crippen molar-refractivity contribution >= 4 is 5.97 Å². The average molecular weight is 252 g/mol. The zero-order valence-electron chi connectivity index (χ0n) is 11.3. The lowest BCUT2D eigenvalue weighted by atomic mass is 9.60. The Morgan fingerprint density at radius 2 is 2.17 bits per heavy atom. The average Bonchev–Trinajstić information content (AvgIpc) is 2.38. The molecule has 0 aromatic heterocycles. The molecule has 18 heavy (non-hydrogen) atoms. The van der Waals surface area contributed by atoms with Gasteiger partial charge >= 0.3 is 5.97 Å². The lowest BCUT2D eigenvalue weighted by molar-refractivity contribution is -0.133. The molecule has 5 atom stereocenters. The number of aliphatic hydroxyl groups excluding tert-OH is 1. The fourth-order valence-corrected chi connectivity index (χ4v) is 3.90. The number of carboxylic acid groups (broad SMARTS) is 1. The second-order valence-corrected chi connectivity index (χ2v) is 6.16. The van der Waals surface area contributed by atoms with E-state index in [4.69, 9.17) is 5.11 Å². The van der Waals surface area contributed by atoms with Crippen LogP contribution < -0.4 is 0 Å². The molecule has 0 heterocycles. The molecule has 2 rings (SSSR count). The zero-order valence-corrected chi connectivity index (χ0v) is 11.3. The van der Waals surface area contributed by atoms with Gasteiger partial charge < -0.3 is 10.2 Å². The molecule has 1 fully saturated rings. The van der Waals surface area contributed by atoms with E-state index in [0.717, 1.165) is 12.8 Å². The molecule has 3 heteroatoms. The van der Waals surface area contributed by atoms with Crippen molar-refractivity contribution in [3.8, 4) is 0 Å². The molecule has 0 radical (unpaired) electrons. The Bertz CT molecular complexity index is 348. The van der Waals surface area contributed by atoms with Crippen LogP contribution in [0.5, 0.6) is 0 Å². The van der Waals surface area contributed by atoms with Gasteiger partial charge in [0.1, 0.15) is 0 Å². The molecule has 3 nitrogen and oxygen atoms in total. The van der Waals surface area contributed by atoms with Crippen molar-refractivity contribution < 1.29 is 15.0 Å². The lowest BCUT2D eigenvalue weighted by Gasteiger charge is -2.45. The molecule has 0 bridgehead atoms. The quantitative estimate of drug-likeness (QED) is 0.812. The van der Waals surface area contributed by atoms with E-state index >= 15 is 0 Å². The zero-order chi connectivity index (χ0) is 13.3. The van der Waals surface area contributed by atoms with Crippen LogP contribution in [-0.2, 0) is 4.79 Å². The number of rotatable bonds is 3. The van der Waals surface area contributed by atoms with Crippen LogP contribution in [0.4, 0.5) is 0 Å². The summed E-state index contributed by atoms with van der Waals surface area (Å²) in [7, 11) is 0. The first-order valence-corrected chi connectivity index (χ1v) is 7.09. The van der Waals surface area contributed by atoms with Crippen molar-refractivity contribution in [1.29, 1.82) is 0 Å². The number of carbonyl (C=O) groups is 1. The van der Waals surface area contributed by atoms with E-state index in [1.54, 1.807) is 0 Å². The van der Waals surface area contributed by atoms with Crippen LogP contribution in [0.3, 0.4) is 0 Å². The molecule has 0 amide bonds. The second kappa shape index (κ2) is 5.43. The van der Waals surface area contributed by atoms with Gasteiger partial charge in [0.05, 0.1) is 0 Å². The fraction of sp³-hybridized carbons (Fsp3) is 0.800. The monoisotopic (exact) mass is 252 g/mol. The van der Waals surface area contributed by atoms with E-state index in [9.17, 15) is 9.90 Å².